The maximum absolute atomic E-state index is 13.6. The quantitative estimate of drug-likeness (QED) is 0.721. The summed E-state index contributed by atoms with van der Waals surface area (Å²) in [6, 6.07) is 6.43. The highest BCUT2D eigenvalue weighted by atomic mass is 35.5. The molecule has 114 valence electrons. The summed E-state index contributed by atoms with van der Waals surface area (Å²) in [5.41, 5.74) is 1.80. The largest absolute Gasteiger partial charge is 0.368 e. The Kier molecular flexibility index (Phi) is 4.18. The van der Waals surface area contributed by atoms with Crippen LogP contribution in [0, 0.1) is 12.7 Å². The molecule has 0 fully saturated rings. The molecule has 3 aromatic rings. The number of aryl methyl sites for hydroxylation is 1. The molecule has 0 aliphatic heterocycles. The van der Waals surface area contributed by atoms with Crippen LogP contribution in [-0.4, -0.2) is 21.1 Å². The first-order valence-corrected chi connectivity index (χ1v) is 7.46. The molecule has 0 saturated carbocycles. The number of benzene rings is 1. The second kappa shape index (κ2) is 6.10. The molecule has 2 aromatic heterocycles. The number of hydrogen-bond donors (Lipinski definition) is 1. The van der Waals surface area contributed by atoms with Crippen molar-refractivity contribution in [2.75, 3.05) is 11.9 Å². The summed E-state index contributed by atoms with van der Waals surface area (Å²) in [5, 5.41) is 4.82. The molecule has 0 unspecified atom stereocenters. The summed E-state index contributed by atoms with van der Waals surface area (Å²) in [6.07, 6.45) is 1.40. The number of halogens is 3. The molecule has 0 bridgehead atoms. The average Bonchev–Trinajstić information content (AvgIpc) is 2.76. The minimum Gasteiger partial charge on any atom is -0.368 e. The summed E-state index contributed by atoms with van der Waals surface area (Å²) < 4.78 is 15.6. The smallest absolute Gasteiger partial charge is 0.134 e. The monoisotopic (exact) mass is 338 g/mol. The fraction of sp³-hybridized carbons (Fsp3) is 0.200. The molecule has 1 N–H and O–H groups in total. The van der Waals surface area contributed by atoms with Crippen LogP contribution in [-0.2, 0) is 6.54 Å². The first kappa shape index (κ1) is 15.1. The number of rotatable bonds is 4. The normalized spacial score (nSPS) is 11.1. The molecule has 22 heavy (non-hydrogen) atoms. The zero-order valence-corrected chi connectivity index (χ0v) is 13.3. The highest BCUT2D eigenvalue weighted by Crippen LogP contribution is 2.28. The van der Waals surface area contributed by atoms with E-state index in [4.69, 9.17) is 23.2 Å². The third-order valence-corrected chi connectivity index (χ3v) is 3.94. The van der Waals surface area contributed by atoms with Crippen molar-refractivity contribution in [3.63, 3.8) is 0 Å². The first-order chi connectivity index (χ1) is 10.5. The Morgan fingerprint density at radius 1 is 1.18 bits per heavy atom. The third kappa shape index (κ3) is 3.00. The van der Waals surface area contributed by atoms with Gasteiger partial charge in [-0.3, -0.25) is 0 Å². The van der Waals surface area contributed by atoms with Crippen molar-refractivity contribution in [3.05, 3.63) is 52.3 Å². The Hall–Kier alpha value is -1.85. The highest BCUT2D eigenvalue weighted by molar-refractivity contribution is 6.35. The number of fused-ring (bicyclic) bond motifs is 1. The van der Waals surface area contributed by atoms with Gasteiger partial charge in [0.05, 0.1) is 10.5 Å². The fourth-order valence-electron chi connectivity index (χ4n) is 2.44. The number of aromatic nitrogens is 3. The molecule has 0 spiro atoms. The zero-order chi connectivity index (χ0) is 15.7. The Bertz CT molecular complexity index is 832. The van der Waals surface area contributed by atoms with E-state index in [1.165, 1.54) is 18.5 Å². The van der Waals surface area contributed by atoms with E-state index in [9.17, 15) is 4.39 Å². The minimum absolute atomic E-state index is 0.340. The summed E-state index contributed by atoms with van der Waals surface area (Å²) >= 11 is 11.9. The van der Waals surface area contributed by atoms with Crippen molar-refractivity contribution in [2.24, 2.45) is 0 Å². The standard InChI is InChI=1S/C15H13Cl2FN4/c1-9-4-11-12(16)5-10(18)6-13(11)22(9)3-2-19-15-7-14(17)20-8-21-15/h4-8H,2-3H2,1H3,(H,19,20,21). The fourth-order valence-corrected chi connectivity index (χ4v) is 2.84. The van der Waals surface area contributed by atoms with Crippen molar-refractivity contribution >= 4 is 39.9 Å². The maximum Gasteiger partial charge on any atom is 0.134 e. The van der Waals surface area contributed by atoms with Crippen LogP contribution in [0.2, 0.25) is 10.2 Å². The Labute approximate surface area is 136 Å². The lowest BCUT2D eigenvalue weighted by molar-refractivity contribution is 0.627. The maximum atomic E-state index is 13.6. The lowest BCUT2D eigenvalue weighted by Crippen LogP contribution is -2.12. The second-order valence-electron chi connectivity index (χ2n) is 4.91. The SMILES string of the molecule is Cc1cc2c(Cl)cc(F)cc2n1CCNc1cc(Cl)ncn1. The third-order valence-electron chi connectivity index (χ3n) is 3.42. The molecule has 0 radical (unpaired) electrons. The van der Waals surface area contributed by atoms with Crippen molar-refractivity contribution in [1.82, 2.24) is 14.5 Å². The summed E-state index contributed by atoms with van der Waals surface area (Å²) in [5.74, 6) is 0.311. The van der Waals surface area contributed by atoms with Gasteiger partial charge >= 0.3 is 0 Å². The highest BCUT2D eigenvalue weighted by Gasteiger charge is 2.10. The van der Waals surface area contributed by atoms with E-state index < -0.39 is 0 Å². The lowest BCUT2D eigenvalue weighted by Gasteiger charge is -2.10. The number of nitrogens with one attached hydrogen (secondary N) is 1. The summed E-state index contributed by atoms with van der Waals surface area (Å²) in [7, 11) is 0. The second-order valence-corrected chi connectivity index (χ2v) is 5.70. The van der Waals surface area contributed by atoms with Gasteiger partial charge in [0.25, 0.3) is 0 Å². The van der Waals surface area contributed by atoms with E-state index in [-0.39, 0.29) is 5.82 Å². The van der Waals surface area contributed by atoms with Gasteiger partial charge < -0.3 is 9.88 Å². The Balaban J connectivity index is 1.80. The average molecular weight is 339 g/mol. The van der Waals surface area contributed by atoms with Crippen molar-refractivity contribution in [3.8, 4) is 0 Å². The number of nitrogens with zero attached hydrogens (tertiary/aromatic N) is 3. The number of anilines is 1. The van der Waals surface area contributed by atoms with Gasteiger partial charge in [-0.25, -0.2) is 14.4 Å². The van der Waals surface area contributed by atoms with Gasteiger partial charge in [0.1, 0.15) is 23.1 Å². The molecular weight excluding hydrogens is 326 g/mol. The Morgan fingerprint density at radius 3 is 2.77 bits per heavy atom. The summed E-state index contributed by atoms with van der Waals surface area (Å²) in [6.45, 7) is 3.23. The van der Waals surface area contributed by atoms with Crippen LogP contribution in [0.1, 0.15) is 5.69 Å². The van der Waals surface area contributed by atoms with Gasteiger partial charge in [0.15, 0.2) is 0 Å². The van der Waals surface area contributed by atoms with Crippen LogP contribution < -0.4 is 5.32 Å². The van der Waals surface area contributed by atoms with E-state index in [0.717, 1.165) is 16.6 Å². The first-order valence-electron chi connectivity index (χ1n) is 6.71. The van der Waals surface area contributed by atoms with Gasteiger partial charge in [-0.15, -0.1) is 0 Å². The molecule has 3 rings (SSSR count). The lowest BCUT2D eigenvalue weighted by atomic mass is 10.2. The van der Waals surface area contributed by atoms with Crippen molar-refractivity contribution < 1.29 is 4.39 Å². The van der Waals surface area contributed by atoms with Crippen molar-refractivity contribution in [2.45, 2.75) is 13.5 Å². The van der Waals surface area contributed by atoms with E-state index >= 15 is 0 Å². The molecule has 4 nitrogen and oxygen atoms in total. The van der Waals surface area contributed by atoms with Crippen LogP contribution in [0.4, 0.5) is 10.2 Å². The topological polar surface area (TPSA) is 42.7 Å². The van der Waals surface area contributed by atoms with Crippen molar-refractivity contribution in [1.29, 1.82) is 0 Å². The molecule has 0 atom stereocenters. The predicted molar refractivity (Wildman–Crippen MR) is 87.2 cm³/mol. The van der Waals surface area contributed by atoms with Gasteiger partial charge in [-0.2, -0.15) is 0 Å². The van der Waals surface area contributed by atoms with E-state index in [1.807, 2.05) is 17.6 Å². The molecular formula is C15H13Cl2FN4. The number of hydrogen-bond acceptors (Lipinski definition) is 3. The van der Waals surface area contributed by atoms with Crippen LogP contribution in [0.5, 0.6) is 0 Å². The molecule has 0 aliphatic carbocycles. The van der Waals surface area contributed by atoms with Gasteiger partial charge in [0.2, 0.25) is 0 Å². The van der Waals surface area contributed by atoms with E-state index in [1.54, 1.807) is 6.07 Å². The van der Waals surface area contributed by atoms with Gasteiger partial charge in [-0.05, 0) is 25.1 Å². The molecule has 2 heterocycles. The predicted octanol–water partition coefficient (Wildman–Crippen LogP) is 4.30. The van der Waals surface area contributed by atoms with Gasteiger partial charge in [0, 0.05) is 30.2 Å². The van der Waals surface area contributed by atoms with E-state index in [2.05, 4.69) is 15.3 Å². The van der Waals surface area contributed by atoms with Crippen LogP contribution in [0.3, 0.4) is 0 Å². The molecule has 0 saturated heterocycles. The molecule has 1 aromatic carbocycles. The van der Waals surface area contributed by atoms with Crippen LogP contribution in [0.15, 0.2) is 30.6 Å². The Morgan fingerprint density at radius 2 is 2.00 bits per heavy atom. The van der Waals surface area contributed by atoms with Crippen LogP contribution >= 0.6 is 23.2 Å². The van der Waals surface area contributed by atoms with E-state index in [0.29, 0.717) is 29.1 Å². The molecule has 0 amide bonds. The minimum atomic E-state index is -0.340. The zero-order valence-electron chi connectivity index (χ0n) is 11.8. The summed E-state index contributed by atoms with van der Waals surface area (Å²) in [4.78, 5) is 7.90. The molecule has 7 heteroatoms. The van der Waals surface area contributed by atoms with Gasteiger partial charge in [-0.1, -0.05) is 23.2 Å². The van der Waals surface area contributed by atoms with Crippen LogP contribution in [0.25, 0.3) is 10.9 Å². The molecule has 0 aliphatic rings.